The van der Waals surface area contributed by atoms with Gasteiger partial charge in [0.15, 0.2) is 0 Å². The highest BCUT2D eigenvalue weighted by atomic mass is 32.1. The predicted octanol–water partition coefficient (Wildman–Crippen LogP) is 2.46. The van der Waals surface area contributed by atoms with Crippen molar-refractivity contribution in [3.05, 3.63) is 0 Å². The van der Waals surface area contributed by atoms with Gasteiger partial charge >= 0.3 is 0 Å². The normalized spacial score (nSPS) is 41.7. The van der Waals surface area contributed by atoms with E-state index in [9.17, 15) is 0 Å². The topological polar surface area (TPSA) is 0 Å². The summed E-state index contributed by atoms with van der Waals surface area (Å²) in [5, 5.41) is 0.446. The maximum absolute atomic E-state index is 4.59. The van der Waals surface area contributed by atoms with Gasteiger partial charge in [-0.05, 0) is 12.8 Å². The van der Waals surface area contributed by atoms with Gasteiger partial charge in [-0.3, -0.25) is 0 Å². The molecule has 1 fully saturated rings. The van der Waals surface area contributed by atoms with Gasteiger partial charge in [0.1, 0.15) is 0 Å². The molecule has 2 unspecified atom stereocenters. The van der Waals surface area contributed by atoms with E-state index in [2.05, 4.69) is 37.9 Å². The van der Waals surface area contributed by atoms with E-state index in [-0.39, 0.29) is 4.75 Å². The van der Waals surface area contributed by atoms with Crippen LogP contribution in [0.5, 0.6) is 0 Å². The molecule has 1 aliphatic rings. The zero-order valence-corrected chi connectivity index (χ0v) is 8.64. The average molecular weight is 194 g/mol. The fraction of sp³-hybridized carbons (Fsp3) is 1.00. The van der Waals surface area contributed by atoms with Gasteiger partial charge < -0.3 is 0 Å². The highest BCUT2D eigenvalue weighted by Crippen LogP contribution is 2.37. The van der Waals surface area contributed by atoms with Gasteiger partial charge in [-0.2, -0.15) is 37.9 Å². The second-order valence-electron chi connectivity index (χ2n) is 3.02. The van der Waals surface area contributed by atoms with Crippen molar-refractivity contribution in [3.8, 4) is 0 Å². The highest BCUT2D eigenvalue weighted by Gasteiger charge is 2.33. The molecule has 0 aromatic heterocycles. The Kier molecular flexibility index (Phi) is 3.32. The third-order valence-corrected chi connectivity index (χ3v) is 4.69. The van der Waals surface area contributed by atoms with Gasteiger partial charge in [-0.1, -0.05) is 12.8 Å². The summed E-state index contributed by atoms with van der Waals surface area (Å²) in [5.41, 5.74) is 0. The van der Waals surface area contributed by atoms with Gasteiger partial charge in [-0.15, -0.1) is 0 Å². The van der Waals surface area contributed by atoms with E-state index in [1.807, 2.05) is 0 Å². The van der Waals surface area contributed by atoms with Gasteiger partial charge in [-0.25, -0.2) is 0 Å². The van der Waals surface area contributed by atoms with Crippen molar-refractivity contribution in [2.45, 2.75) is 35.7 Å². The summed E-state index contributed by atoms with van der Waals surface area (Å²) in [6, 6.07) is 0. The third-order valence-electron chi connectivity index (χ3n) is 2.23. The zero-order valence-electron chi connectivity index (χ0n) is 5.95. The fourth-order valence-corrected chi connectivity index (χ4v) is 2.60. The van der Waals surface area contributed by atoms with Gasteiger partial charge in [0.25, 0.3) is 0 Å². The van der Waals surface area contributed by atoms with Gasteiger partial charge in [0.05, 0.1) is 0 Å². The van der Waals surface area contributed by atoms with E-state index in [1.54, 1.807) is 0 Å². The van der Waals surface area contributed by atoms with Crippen LogP contribution < -0.4 is 0 Å². The lowest BCUT2D eigenvalue weighted by molar-refractivity contribution is 0.444. The minimum Gasteiger partial charge on any atom is -0.178 e. The molecule has 0 saturated heterocycles. The van der Waals surface area contributed by atoms with Gasteiger partial charge in [0, 0.05) is 15.7 Å². The highest BCUT2D eigenvalue weighted by molar-refractivity contribution is 7.87. The van der Waals surface area contributed by atoms with E-state index < -0.39 is 0 Å². The first kappa shape index (κ1) is 9.14. The smallest absolute Gasteiger partial charge is 0.0333 e. The Morgan fingerprint density at radius 3 is 2.50 bits per heavy atom. The van der Waals surface area contributed by atoms with Crippen molar-refractivity contribution in [1.82, 2.24) is 0 Å². The van der Waals surface area contributed by atoms with E-state index in [0.29, 0.717) is 5.25 Å². The summed E-state index contributed by atoms with van der Waals surface area (Å²) in [7, 11) is 0. The van der Waals surface area contributed by atoms with Crippen LogP contribution in [0.2, 0.25) is 0 Å². The Hall–Kier alpha value is 1.05. The first-order chi connectivity index (χ1) is 4.69. The molecular formula is C7H14S3. The molecule has 0 nitrogen and oxygen atoms in total. The molecule has 1 rings (SSSR count). The molecule has 1 aliphatic carbocycles. The molecule has 0 aromatic carbocycles. The molecule has 2 atom stereocenters. The first-order valence-corrected chi connectivity index (χ1v) is 5.30. The molecule has 0 aliphatic heterocycles. The predicted molar refractivity (Wildman–Crippen MR) is 56.8 cm³/mol. The summed E-state index contributed by atoms with van der Waals surface area (Å²) in [6.45, 7) is 0. The molecule has 0 radical (unpaired) electrons. The van der Waals surface area contributed by atoms with Crippen LogP contribution in [0.1, 0.15) is 25.7 Å². The van der Waals surface area contributed by atoms with E-state index in [0.717, 1.165) is 5.75 Å². The lowest BCUT2D eigenvalue weighted by atomic mass is 9.89. The quantitative estimate of drug-likeness (QED) is 0.525. The SMILES string of the molecule is SCC1(S)CCCCC1S. The summed E-state index contributed by atoms with van der Waals surface area (Å²) in [5.74, 6) is 0.851. The number of hydrogen-bond acceptors (Lipinski definition) is 3. The molecule has 0 amide bonds. The molecule has 60 valence electrons. The molecule has 0 heterocycles. The van der Waals surface area contributed by atoms with Crippen molar-refractivity contribution in [2.24, 2.45) is 0 Å². The minimum absolute atomic E-state index is 0.102. The average Bonchev–Trinajstić information content (AvgIpc) is 1.96. The second kappa shape index (κ2) is 3.63. The molecule has 3 heteroatoms. The Labute approximate surface area is 79.4 Å². The van der Waals surface area contributed by atoms with Crippen LogP contribution >= 0.6 is 37.9 Å². The van der Waals surface area contributed by atoms with Crippen LogP contribution in [0.4, 0.5) is 0 Å². The lowest BCUT2D eigenvalue weighted by Crippen LogP contribution is -2.38. The number of thiol groups is 3. The standard InChI is InChI=1S/C7H14S3/c8-5-7(10)4-2-1-3-6(7)9/h6,8-10H,1-5H2. The number of hydrogen-bond donors (Lipinski definition) is 3. The largest absolute Gasteiger partial charge is 0.178 e. The maximum atomic E-state index is 4.59. The first-order valence-electron chi connectivity index (χ1n) is 3.70. The van der Waals surface area contributed by atoms with Crippen molar-refractivity contribution in [2.75, 3.05) is 5.75 Å². The Morgan fingerprint density at radius 1 is 1.40 bits per heavy atom. The van der Waals surface area contributed by atoms with Crippen molar-refractivity contribution < 1.29 is 0 Å². The van der Waals surface area contributed by atoms with Crippen LogP contribution in [0.15, 0.2) is 0 Å². The van der Waals surface area contributed by atoms with Crippen molar-refractivity contribution in [3.63, 3.8) is 0 Å². The molecule has 1 saturated carbocycles. The second-order valence-corrected chi connectivity index (χ2v) is 4.85. The lowest BCUT2D eigenvalue weighted by Gasteiger charge is -2.36. The fourth-order valence-electron chi connectivity index (χ4n) is 1.39. The zero-order chi connectivity index (χ0) is 7.61. The summed E-state index contributed by atoms with van der Waals surface area (Å²) < 4.78 is 0.102. The third kappa shape index (κ3) is 1.80. The summed E-state index contributed by atoms with van der Waals surface area (Å²) in [6.07, 6.45) is 4.98. The molecule has 10 heavy (non-hydrogen) atoms. The summed E-state index contributed by atoms with van der Waals surface area (Å²) in [4.78, 5) is 0. The van der Waals surface area contributed by atoms with Crippen LogP contribution in [0, 0.1) is 0 Å². The molecule has 0 bridgehead atoms. The Bertz CT molecular complexity index is 115. The molecule has 0 aromatic rings. The van der Waals surface area contributed by atoms with E-state index >= 15 is 0 Å². The van der Waals surface area contributed by atoms with Gasteiger partial charge in [0.2, 0.25) is 0 Å². The minimum atomic E-state index is 0.102. The Balaban J connectivity index is 2.54. The van der Waals surface area contributed by atoms with E-state index in [1.165, 1.54) is 25.7 Å². The van der Waals surface area contributed by atoms with E-state index in [4.69, 9.17) is 0 Å². The van der Waals surface area contributed by atoms with Crippen LogP contribution in [0.3, 0.4) is 0 Å². The van der Waals surface area contributed by atoms with Crippen molar-refractivity contribution >= 4 is 37.9 Å². The van der Waals surface area contributed by atoms with Crippen LogP contribution in [0.25, 0.3) is 0 Å². The molecular weight excluding hydrogens is 180 g/mol. The Morgan fingerprint density at radius 2 is 2.10 bits per heavy atom. The number of rotatable bonds is 1. The maximum Gasteiger partial charge on any atom is 0.0333 e. The van der Waals surface area contributed by atoms with Crippen LogP contribution in [-0.4, -0.2) is 15.7 Å². The monoisotopic (exact) mass is 194 g/mol. The summed E-state index contributed by atoms with van der Waals surface area (Å²) >= 11 is 13.4. The van der Waals surface area contributed by atoms with Crippen LogP contribution in [-0.2, 0) is 0 Å². The molecule has 0 N–H and O–H groups in total. The molecule has 0 spiro atoms. The van der Waals surface area contributed by atoms with Crippen molar-refractivity contribution in [1.29, 1.82) is 0 Å².